The molecule has 1 fully saturated rings. The second-order valence-corrected chi connectivity index (χ2v) is 11.4. The number of hydrogen-bond acceptors (Lipinski definition) is 8. The quantitative estimate of drug-likeness (QED) is 0.270. The summed E-state index contributed by atoms with van der Waals surface area (Å²) in [7, 11) is 1.62. The molecule has 7 nitrogen and oxygen atoms in total. The summed E-state index contributed by atoms with van der Waals surface area (Å²) in [6, 6.07) is 17.6. The average molecular weight is 564 g/mol. The topological polar surface area (TPSA) is 70.6 Å². The molecule has 3 aromatic heterocycles. The van der Waals surface area contributed by atoms with Gasteiger partial charge in [0.05, 0.1) is 38.5 Å². The summed E-state index contributed by atoms with van der Waals surface area (Å²) in [6.45, 7) is 4.95. The van der Waals surface area contributed by atoms with Gasteiger partial charge in [-0.2, -0.15) is 0 Å². The third kappa shape index (κ3) is 4.94. The van der Waals surface area contributed by atoms with Crippen LogP contribution < -0.4 is 15.0 Å². The van der Waals surface area contributed by atoms with Crippen molar-refractivity contribution >= 4 is 66.4 Å². The van der Waals surface area contributed by atoms with Crippen molar-refractivity contribution in [2.75, 3.05) is 51.3 Å². The molecule has 4 heterocycles. The molecule has 0 unspecified atom stereocenters. The molecule has 1 saturated heterocycles. The van der Waals surface area contributed by atoms with E-state index in [1.807, 2.05) is 60.0 Å². The molecule has 0 saturated carbocycles. The maximum absolute atomic E-state index is 13.2. The molecule has 0 aliphatic carbocycles. The maximum Gasteiger partial charge on any atom is 0.252 e. The lowest BCUT2D eigenvalue weighted by Gasteiger charge is -2.34. The van der Waals surface area contributed by atoms with Crippen LogP contribution in [0.3, 0.4) is 0 Å². The van der Waals surface area contributed by atoms with Gasteiger partial charge in [-0.05, 0) is 35.7 Å². The van der Waals surface area contributed by atoms with Crippen molar-refractivity contribution in [1.82, 2.24) is 20.2 Å². The Morgan fingerprint density at radius 2 is 1.92 bits per heavy atom. The van der Waals surface area contributed by atoms with E-state index < -0.39 is 0 Å². The number of nitrogens with zero attached hydrogens (tertiary/aromatic N) is 4. The molecule has 5 aromatic rings. The fraction of sp³-hybridized carbons (Fsp3) is 0.250. The van der Waals surface area contributed by atoms with Crippen molar-refractivity contribution in [2.45, 2.75) is 0 Å². The van der Waals surface area contributed by atoms with E-state index in [9.17, 15) is 4.79 Å². The number of amides is 1. The Bertz CT molecular complexity index is 1600. The highest BCUT2D eigenvalue weighted by Crippen LogP contribution is 2.38. The number of para-hydroxylation sites is 1. The molecule has 0 radical (unpaired) electrons. The van der Waals surface area contributed by atoms with Gasteiger partial charge in [-0.1, -0.05) is 47.2 Å². The Morgan fingerprint density at radius 1 is 1.08 bits per heavy atom. The third-order valence-corrected chi connectivity index (χ3v) is 9.02. The number of carbonyl (C=O) groups excluding carboxylic acids is 1. The Balaban J connectivity index is 1.07. The lowest BCUT2D eigenvalue weighted by atomic mass is 10.1. The Hall–Kier alpha value is -3.24. The first-order valence-electron chi connectivity index (χ1n) is 12.4. The van der Waals surface area contributed by atoms with Gasteiger partial charge >= 0.3 is 0 Å². The number of anilines is 1. The zero-order valence-electron chi connectivity index (χ0n) is 20.8. The van der Waals surface area contributed by atoms with E-state index in [0.29, 0.717) is 22.9 Å². The van der Waals surface area contributed by atoms with Crippen LogP contribution in [0.1, 0.15) is 10.4 Å². The number of ether oxygens (including phenoxy) is 1. The number of methoxy groups -OCH3 is 1. The Kier molecular flexibility index (Phi) is 7.16. The summed E-state index contributed by atoms with van der Waals surface area (Å²) in [5.74, 6) is 0.563. The fourth-order valence-corrected chi connectivity index (χ4v) is 6.69. The van der Waals surface area contributed by atoms with Crippen LogP contribution >= 0.6 is 34.3 Å². The molecule has 1 aliphatic heterocycles. The highest BCUT2D eigenvalue weighted by molar-refractivity contribution is 7.22. The van der Waals surface area contributed by atoms with E-state index in [-0.39, 0.29) is 5.91 Å². The van der Waals surface area contributed by atoms with Gasteiger partial charge in [-0.3, -0.25) is 9.69 Å². The highest BCUT2D eigenvalue weighted by atomic mass is 35.5. The number of pyridine rings is 1. The lowest BCUT2D eigenvalue weighted by Crippen LogP contribution is -2.48. The van der Waals surface area contributed by atoms with Gasteiger partial charge < -0.3 is 15.0 Å². The largest absolute Gasteiger partial charge is 0.493 e. The summed E-state index contributed by atoms with van der Waals surface area (Å²) >= 11 is 9.56. The SMILES string of the molecule is COc1c(Cl)ccc2sc(N3CCN(CCNC(=O)c4cc(-c5cccs5)nc5ccccc45)CC3)nc12. The summed E-state index contributed by atoms with van der Waals surface area (Å²) in [4.78, 5) is 28.6. The minimum Gasteiger partial charge on any atom is -0.493 e. The third-order valence-electron chi connectivity index (χ3n) is 6.75. The number of nitrogens with one attached hydrogen (secondary N) is 1. The maximum atomic E-state index is 13.2. The number of aromatic nitrogens is 2. The molecule has 10 heteroatoms. The van der Waals surface area contributed by atoms with E-state index >= 15 is 0 Å². The second-order valence-electron chi connectivity index (χ2n) is 9.06. The van der Waals surface area contributed by atoms with Crippen LogP contribution in [-0.2, 0) is 0 Å². The van der Waals surface area contributed by atoms with E-state index in [0.717, 1.165) is 69.5 Å². The molecule has 0 spiro atoms. The Morgan fingerprint density at radius 3 is 2.71 bits per heavy atom. The van der Waals surface area contributed by atoms with Crippen molar-refractivity contribution in [3.8, 4) is 16.3 Å². The predicted octanol–water partition coefficient (Wildman–Crippen LogP) is 5.79. The summed E-state index contributed by atoms with van der Waals surface area (Å²) < 4.78 is 6.54. The fourth-order valence-electron chi connectivity index (χ4n) is 4.76. The van der Waals surface area contributed by atoms with Crippen LogP contribution in [0.25, 0.3) is 31.7 Å². The van der Waals surface area contributed by atoms with E-state index in [4.69, 9.17) is 26.3 Å². The monoisotopic (exact) mass is 563 g/mol. The number of carbonyl (C=O) groups is 1. The van der Waals surface area contributed by atoms with E-state index in [1.165, 1.54) is 0 Å². The number of benzene rings is 2. The van der Waals surface area contributed by atoms with Crippen LogP contribution in [0.4, 0.5) is 5.13 Å². The predicted molar refractivity (Wildman–Crippen MR) is 157 cm³/mol. The summed E-state index contributed by atoms with van der Waals surface area (Å²) in [6.07, 6.45) is 0. The van der Waals surface area contributed by atoms with Gasteiger partial charge in [-0.25, -0.2) is 9.97 Å². The standard InChI is InChI=1S/C28H26ClN5O2S2/c1-36-26-20(29)8-9-24-25(26)32-28(38-24)34-14-12-33(13-15-34)11-10-30-27(35)19-17-22(23-7-4-16-37-23)31-21-6-3-2-5-18(19)21/h2-9,16-17H,10-15H2,1H3,(H,30,35). The van der Waals surface area contributed by atoms with Crippen molar-refractivity contribution < 1.29 is 9.53 Å². The first-order chi connectivity index (χ1) is 18.6. The number of thiophene rings is 1. The molecule has 194 valence electrons. The number of thiazole rings is 1. The molecule has 6 rings (SSSR count). The number of halogens is 1. The van der Waals surface area contributed by atoms with Crippen molar-refractivity contribution in [1.29, 1.82) is 0 Å². The molecular weight excluding hydrogens is 538 g/mol. The molecule has 1 N–H and O–H groups in total. The molecule has 0 bridgehead atoms. The van der Waals surface area contributed by atoms with Crippen LogP contribution in [-0.4, -0.2) is 67.2 Å². The minimum atomic E-state index is -0.0675. The van der Waals surface area contributed by atoms with Crippen LogP contribution in [0.15, 0.2) is 60.0 Å². The van der Waals surface area contributed by atoms with Gasteiger partial charge in [0, 0.05) is 44.7 Å². The number of hydrogen-bond donors (Lipinski definition) is 1. The summed E-state index contributed by atoms with van der Waals surface area (Å²) in [5, 5.41) is 7.59. The number of fused-ring (bicyclic) bond motifs is 2. The van der Waals surface area contributed by atoms with Crippen molar-refractivity contribution in [3.05, 3.63) is 70.6 Å². The second kappa shape index (κ2) is 10.9. The normalized spacial score (nSPS) is 14.3. The molecule has 0 atom stereocenters. The number of piperazine rings is 1. The smallest absolute Gasteiger partial charge is 0.252 e. The molecule has 1 aliphatic rings. The zero-order chi connectivity index (χ0) is 26.1. The molecule has 2 aromatic carbocycles. The van der Waals surface area contributed by atoms with Gasteiger partial charge in [-0.15, -0.1) is 11.3 Å². The number of rotatable bonds is 7. The van der Waals surface area contributed by atoms with Gasteiger partial charge in [0.2, 0.25) is 0 Å². The lowest BCUT2D eigenvalue weighted by molar-refractivity contribution is 0.0949. The first kappa shape index (κ1) is 25.1. The van der Waals surface area contributed by atoms with Gasteiger partial charge in [0.25, 0.3) is 5.91 Å². The zero-order valence-corrected chi connectivity index (χ0v) is 23.2. The van der Waals surface area contributed by atoms with Crippen LogP contribution in [0.2, 0.25) is 5.02 Å². The molecule has 1 amide bonds. The van der Waals surface area contributed by atoms with E-state index in [1.54, 1.807) is 29.8 Å². The van der Waals surface area contributed by atoms with Gasteiger partial charge in [0.1, 0.15) is 5.52 Å². The van der Waals surface area contributed by atoms with Crippen molar-refractivity contribution in [3.63, 3.8) is 0 Å². The minimum absolute atomic E-state index is 0.0675. The average Bonchev–Trinajstić information content (AvgIpc) is 3.64. The van der Waals surface area contributed by atoms with Crippen LogP contribution in [0, 0.1) is 0 Å². The summed E-state index contributed by atoms with van der Waals surface area (Å²) in [5.41, 5.74) is 3.13. The molecular formula is C28H26ClN5O2S2. The highest BCUT2D eigenvalue weighted by Gasteiger charge is 2.22. The molecule has 38 heavy (non-hydrogen) atoms. The first-order valence-corrected chi connectivity index (χ1v) is 14.5. The van der Waals surface area contributed by atoms with E-state index in [2.05, 4.69) is 15.1 Å². The van der Waals surface area contributed by atoms with Crippen molar-refractivity contribution in [2.24, 2.45) is 0 Å². The van der Waals surface area contributed by atoms with Gasteiger partial charge in [0.15, 0.2) is 10.9 Å². The van der Waals surface area contributed by atoms with Crippen LogP contribution in [0.5, 0.6) is 5.75 Å². The Labute approximate surface area is 233 Å².